The van der Waals surface area contributed by atoms with Gasteiger partial charge >= 0.3 is 6.08 Å². The number of aryl methyl sites for hydroxylation is 1. The van der Waals surface area contributed by atoms with Gasteiger partial charge in [0.25, 0.3) is 0 Å². The molecule has 96 valence electrons. The van der Waals surface area contributed by atoms with Gasteiger partial charge in [0.1, 0.15) is 6.26 Å². The van der Waals surface area contributed by atoms with Crippen molar-refractivity contribution in [1.82, 2.24) is 4.98 Å². The van der Waals surface area contributed by atoms with E-state index in [1.54, 1.807) is 7.11 Å². The van der Waals surface area contributed by atoms with Crippen LogP contribution in [0.4, 0.5) is 0 Å². The first-order chi connectivity index (χ1) is 8.76. The summed E-state index contributed by atoms with van der Waals surface area (Å²) in [6, 6.07) is 5.74. The summed E-state index contributed by atoms with van der Waals surface area (Å²) in [5.41, 5.74) is 1.81. The largest absolute Gasteiger partial charge is 0.493 e. The average molecular weight is 268 g/mol. The Labute approximate surface area is 110 Å². The molecule has 2 aromatic rings. The Balaban J connectivity index is 2.22. The van der Waals surface area contributed by atoms with E-state index in [0.717, 1.165) is 6.42 Å². The molecule has 2 rings (SSSR count). The lowest BCUT2D eigenvalue weighted by Gasteiger charge is -2.08. The van der Waals surface area contributed by atoms with E-state index in [9.17, 15) is 0 Å². The summed E-state index contributed by atoms with van der Waals surface area (Å²) in [6.45, 7) is 2.08. The number of hydrogen-bond acceptors (Lipinski definition) is 4. The second kappa shape index (κ2) is 5.78. The van der Waals surface area contributed by atoms with E-state index in [2.05, 4.69) is 11.9 Å². The van der Waals surface area contributed by atoms with E-state index < -0.39 is 0 Å². The number of nitrogens with zero attached hydrogens (tertiary/aromatic N) is 1. The van der Waals surface area contributed by atoms with Crippen LogP contribution in [0.25, 0.3) is 0 Å². The fourth-order valence-corrected chi connectivity index (χ4v) is 1.63. The molecule has 0 aliphatic carbocycles. The first-order valence-corrected chi connectivity index (χ1v) is 6.15. The molecule has 1 aromatic carbocycles. The van der Waals surface area contributed by atoms with Crippen LogP contribution in [-0.2, 0) is 12.3 Å². The number of alkyl halides is 1. The van der Waals surface area contributed by atoms with Crippen molar-refractivity contribution >= 4 is 11.6 Å². The van der Waals surface area contributed by atoms with Gasteiger partial charge in [0.15, 0.2) is 11.5 Å². The van der Waals surface area contributed by atoms with Gasteiger partial charge in [-0.1, -0.05) is 13.0 Å². The van der Waals surface area contributed by atoms with Gasteiger partial charge in [-0.15, -0.1) is 11.6 Å². The maximum absolute atomic E-state index is 5.64. The van der Waals surface area contributed by atoms with Crippen LogP contribution < -0.4 is 9.47 Å². The molecule has 0 N–H and O–H groups in total. The van der Waals surface area contributed by atoms with E-state index >= 15 is 0 Å². The van der Waals surface area contributed by atoms with Gasteiger partial charge in [-0.3, -0.25) is 0 Å². The Morgan fingerprint density at radius 3 is 2.78 bits per heavy atom. The monoisotopic (exact) mass is 267 g/mol. The first kappa shape index (κ1) is 12.8. The molecule has 0 fully saturated rings. The third-order valence-corrected chi connectivity index (χ3v) is 2.77. The minimum Gasteiger partial charge on any atom is -0.493 e. The maximum Gasteiger partial charge on any atom is 0.399 e. The predicted octanol–water partition coefficient (Wildman–Crippen LogP) is 3.78. The molecule has 0 atom stereocenters. The molecule has 18 heavy (non-hydrogen) atoms. The molecule has 0 bridgehead atoms. The summed E-state index contributed by atoms with van der Waals surface area (Å²) in [5, 5.41) is 0. The smallest absolute Gasteiger partial charge is 0.399 e. The number of oxazole rings is 1. The molecule has 0 radical (unpaired) electrons. The molecule has 4 nitrogen and oxygen atoms in total. The zero-order chi connectivity index (χ0) is 13.0. The Morgan fingerprint density at radius 2 is 2.17 bits per heavy atom. The second-order valence-electron chi connectivity index (χ2n) is 3.68. The van der Waals surface area contributed by atoms with Gasteiger partial charge in [0.2, 0.25) is 0 Å². The molecule has 0 aliphatic heterocycles. The highest BCUT2D eigenvalue weighted by molar-refractivity contribution is 6.16. The molecule has 0 saturated carbocycles. The fraction of sp³-hybridized carbons (Fsp3) is 0.308. The van der Waals surface area contributed by atoms with Gasteiger partial charge in [-0.05, 0) is 24.1 Å². The first-order valence-electron chi connectivity index (χ1n) is 5.62. The van der Waals surface area contributed by atoms with Crippen LogP contribution in [0, 0.1) is 0 Å². The summed E-state index contributed by atoms with van der Waals surface area (Å²) >= 11 is 5.64. The van der Waals surface area contributed by atoms with E-state index in [-0.39, 0.29) is 6.08 Å². The number of ether oxygens (including phenoxy) is 2. The zero-order valence-electron chi connectivity index (χ0n) is 10.3. The number of rotatable bonds is 5. The second-order valence-corrected chi connectivity index (χ2v) is 3.95. The normalized spacial score (nSPS) is 10.4. The van der Waals surface area contributed by atoms with Crippen LogP contribution in [0.5, 0.6) is 17.6 Å². The van der Waals surface area contributed by atoms with Crippen molar-refractivity contribution in [2.75, 3.05) is 7.11 Å². The minimum absolute atomic E-state index is 0.160. The van der Waals surface area contributed by atoms with Crippen LogP contribution in [0.1, 0.15) is 18.2 Å². The molecule has 0 saturated heterocycles. The highest BCUT2D eigenvalue weighted by Crippen LogP contribution is 2.32. The summed E-state index contributed by atoms with van der Waals surface area (Å²) in [6.07, 6.45) is 2.56. The maximum atomic E-state index is 5.64. The van der Waals surface area contributed by atoms with Gasteiger partial charge < -0.3 is 13.9 Å². The Morgan fingerprint density at radius 1 is 1.33 bits per heavy atom. The van der Waals surface area contributed by atoms with Gasteiger partial charge in [0, 0.05) is 0 Å². The highest BCUT2D eigenvalue weighted by atomic mass is 35.5. The SMILES string of the molecule is CCc1ccc(Oc2nc(CCl)co2)c(OC)c1. The van der Waals surface area contributed by atoms with Crippen LogP contribution in [0.15, 0.2) is 28.9 Å². The molecule has 1 heterocycles. The van der Waals surface area contributed by atoms with Gasteiger partial charge in [0.05, 0.1) is 18.7 Å². The number of hydrogen-bond donors (Lipinski definition) is 0. The molecule has 0 amide bonds. The molecule has 0 spiro atoms. The van der Waals surface area contributed by atoms with Crippen molar-refractivity contribution in [2.24, 2.45) is 0 Å². The van der Waals surface area contributed by atoms with Gasteiger partial charge in [-0.2, -0.15) is 4.98 Å². The van der Waals surface area contributed by atoms with E-state index in [1.807, 2.05) is 18.2 Å². The fourth-order valence-electron chi connectivity index (χ4n) is 1.51. The van der Waals surface area contributed by atoms with Crippen molar-refractivity contribution in [3.63, 3.8) is 0 Å². The van der Waals surface area contributed by atoms with Crippen LogP contribution >= 0.6 is 11.6 Å². The lowest BCUT2D eigenvalue weighted by molar-refractivity contribution is 0.310. The predicted molar refractivity (Wildman–Crippen MR) is 68.5 cm³/mol. The molecular weight excluding hydrogens is 254 g/mol. The number of methoxy groups -OCH3 is 1. The van der Waals surface area contributed by atoms with Crippen LogP contribution in [0.3, 0.4) is 0 Å². The van der Waals surface area contributed by atoms with Crippen LogP contribution in [0.2, 0.25) is 0 Å². The van der Waals surface area contributed by atoms with E-state index in [4.69, 9.17) is 25.5 Å². The summed E-state index contributed by atoms with van der Waals surface area (Å²) < 4.78 is 15.9. The van der Waals surface area contributed by atoms with Crippen molar-refractivity contribution in [1.29, 1.82) is 0 Å². The molecule has 1 aromatic heterocycles. The van der Waals surface area contributed by atoms with E-state index in [1.165, 1.54) is 11.8 Å². The molecule has 0 unspecified atom stereocenters. The van der Waals surface area contributed by atoms with Crippen molar-refractivity contribution < 1.29 is 13.9 Å². The van der Waals surface area contributed by atoms with Crippen LogP contribution in [-0.4, -0.2) is 12.1 Å². The molecular formula is C13H14ClNO3. The van der Waals surface area contributed by atoms with E-state index in [0.29, 0.717) is 23.1 Å². The lowest BCUT2D eigenvalue weighted by atomic mass is 10.1. The summed E-state index contributed by atoms with van der Waals surface area (Å²) in [4.78, 5) is 4.07. The standard InChI is InChI=1S/C13H14ClNO3/c1-3-9-4-5-11(12(6-9)16-2)18-13-15-10(7-14)8-17-13/h4-6,8H,3,7H2,1-2H3. The zero-order valence-corrected chi connectivity index (χ0v) is 11.0. The topological polar surface area (TPSA) is 44.5 Å². The lowest BCUT2D eigenvalue weighted by Crippen LogP contribution is -1.92. The highest BCUT2D eigenvalue weighted by Gasteiger charge is 2.10. The third kappa shape index (κ3) is 2.76. The van der Waals surface area contributed by atoms with Crippen molar-refractivity contribution in [3.05, 3.63) is 35.7 Å². The van der Waals surface area contributed by atoms with Gasteiger partial charge in [-0.25, -0.2) is 0 Å². The van der Waals surface area contributed by atoms with Crippen molar-refractivity contribution in [2.45, 2.75) is 19.2 Å². The minimum atomic E-state index is 0.160. The Hall–Kier alpha value is -1.68. The number of halogens is 1. The molecule has 0 aliphatic rings. The Kier molecular flexibility index (Phi) is 4.10. The summed E-state index contributed by atoms with van der Waals surface area (Å²) in [5.74, 6) is 1.51. The number of aromatic nitrogens is 1. The summed E-state index contributed by atoms with van der Waals surface area (Å²) in [7, 11) is 1.60. The Bertz CT molecular complexity index is 525. The quantitative estimate of drug-likeness (QED) is 0.774. The third-order valence-electron chi connectivity index (χ3n) is 2.50. The number of benzene rings is 1. The average Bonchev–Trinajstić information content (AvgIpc) is 2.87. The van der Waals surface area contributed by atoms with Crippen molar-refractivity contribution in [3.8, 4) is 17.6 Å². The molecule has 5 heteroatoms.